The zero-order chi connectivity index (χ0) is 25.4. The third-order valence-corrected chi connectivity index (χ3v) is 3.94. The lowest BCUT2D eigenvalue weighted by atomic mass is 10.0. The first-order chi connectivity index (χ1) is 15.6. The number of ether oxygens (including phenoxy) is 1. The zero-order valence-corrected chi connectivity index (χ0v) is 19.1. The SMILES string of the molecule is C#CCC.C=C(CN)Nc1cccnc1NC(CC)c1ccc(OC(C)(F)F)c(F)c1.C=O. The molecule has 1 aromatic heterocycles. The Balaban J connectivity index is 0.00000154. The van der Waals surface area contributed by atoms with Gasteiger partial charge in [0.1, 0.15) is 12.6 Å². The number of hydrogen-bond donors (Lipinski definition) is 3. The molecule has 2 rings (SSSR count). The number of nitrogens with two attached hydrogens (primary N) is 1. The number of nitrogens with zero attached hydrogens (tertiary/aromatic N) is 1. The third kappa shape index (κ3) is 11.1. The highest BCUT2D eigenvalue weighted by atomic mass is 19.3. The van der Waals surface area contributed by atoms with Crippen LogP contribution in [0.15, 0.2) is 48.8 Å². The van der Waals surface area contributed by atoms with Gasteiger partial charge in [0.15, 0.2) is 11.6 Å². The second kappa shape index (κ2) is 15.3. The number of pyridine rings is 1. The Hall–Kier alpha value is -3.51. The molecule has 0 fully saturated rings. The average Bonchev–Trinajstić information content (AvgIpc) is 2.80. The summed E-state index contributed by atoms with van der Waals surface area (Å²) in [5, 5.41) is 6.29. The Bertz CT molecular complexity index is 911. The van der Waals surface area contributed by atoms with Gasteiger partial charge in [0, 0.05) is 31.8 Å². The fraction of sp³-hybridized carbons (Fsp3) is 0.333. The van der Waals surface area contributed by atoms with Crippen molar-refractivity contribution in [2.75, 3.05) is 17.2 Å². The number of benzene rings is 1. The number of rotatable bonds is 9. The fourth-order valence-electron chi connectivity index (χ4n) is 2.46. The number of aromatic nitrogens is 1. The largest absolute Gasteiger partial charge is 0.430 e. The van der Waals surface area contributed by atoms with Crippen molar-refractivity contribution in [2.24, 2.45) is 5.73 Å². The van der Waals surface area contributed by atoms with Crippen LogP contribution in [0.5, 0.6) is 5.75 Å². The van der Waals surface area contributed by atoms with Crippen LogP contribution in [0.3, 0.4) is 0 Å². The summed E-state index contributed by atoms with van der Waals surface area (Å²) in [6, 6.07) is 7.19. The van der Waals surface area contributed by atoms with Crippen LogP contribution in [0.4, 0.5) is 24.7 Å². The molecule has 0 amide bonds. The van der Waals surface area contributed by atoms with Crippen LogP contribution in [0.25, 0.3) is 0 Å². The minimum absolute atomic E-state index is 0.264. The van der Waals surface area contributed by atoms with Crippen molar-refractivity contribution < 1.29 is 22.7 Å². The minimum atomic E-state index is -3.45. The first-order valence-corrected chi connectivity index (χ1v) is 10.1. The summed E-state index contributed by atoms with van der Waals surface area (Å²) in [5.74, 6) is 1.62. The first kappa shape index (κ1) is 29.5. The number of nitrogens with one attached hydrogen (secondary N) is 2. The zero-order valence-electron chi connectivity index (χ0n) is 19.1. The van der Waals surface area contributed by atoms with E-state index in [0.29, 0.717) is 36.1 Å². The molecule has 9 heteroatoms. The second-order valence-electron chi connectivity index (χ2n) is 6.59. The molecule has 180 valence electrons. The Labute approximate surface area is 193 Å². The maximum Gasteiger partial charge on any atom is 0.395 e. The van der Waals surface area contributed by atoms with Crippen molar-refractivity contribution in [2.45, 2.75) is 45.8 Å². The predicted molar refractivity (Wildman–Crippen MR) is 127 cm³/mol. The third-order valence-electron chi connectivity index (χ3n) is 3.94. The first-order valence-electron chi connectivity index (χ1n) is 10.1. The van der Waals surface area contributed by atoms with Gasteiger partial charge in [-0.2, -0.15) is 8.78 Å². The number of alkyl halides is 2. The summed E-state index contributed by atoms with van der Waals surface area (Å²) in [4.78, 5) is 12.3. The molecule has 0 aliphatic rings. The van der Waals surface area contributed by atoms with Gasteiger partial charge in [0.2, 0.25) is 0 Å². The van der Waals surface area contributed by atoms with Crippen molar-refractivity contribution in [3.8, 4) is 18.1 Å². The van der Waals surface area contributed by atoms with E-state index in [2.05, 4.69) is 32.9 Å². The molecular weight excluding hydrogens is 433 g/mol. The van der Waals surface area contributed by atoms with Gasteiger partial charge in [0.25, 0.3) is 0 Å². The molecule has 1 aromatic carbocycles. The van der Waals surface area contributed by atoms with E-state index >= 15 is 0 Å². The molecule has 1 atom stereocenters. The van der Waals surface area contributed by atoms with Gasteiger partial charge in [-0.15, -0.1) is 12.3 Å². The normalized spacial score (nSPS) is 10.8. The van der Waals surface area contributed by atoms with Crippen molar-refractivity contribution >= 4 is 18.3 Å². The summed E-state index contributed by atoms with van der Waals surface area (Å²) in [6.07, 6.45) is 4.40. The van der Waals surface area contributed by atoms with Crippen molar-refractivity contribution in [3.05, 3.63) is 60.2 Å². The molecular formula is C24H31F3N4O2. The number of halogens is 3. The van der Waals surface area contributed by atoms with Crippen LogP contribution in [0, 0.1) is 18.2 Å². The van der Waals surface area contributed by atoms with E-state index in [4.69, 9.17) is 17.0 Å². The molecule has 0 bridgehead atoms. The highest BCUT2D eigenvalue weighted by molar-refractivity contribution is 5.66. The van der Waals surface area contributed by atoms with Crippen LogP contribution in [-0.4, -0.2) is 24.4 Å². The van der Waals surface area contributed by atoms with Crippen LogP contribution >= 0.6 is 0 Å². The van der Waals surface area contributed by atoms with E-state index in [0.717, 1.165) is 6.42 Å². The summed E-state index contributed by atoms with van der Waals surface area (Å²) in [6.45, 7) is 10.5. The van der Waals surface area contributed by atoms with Crippen LogP contribution < -0.4 is 21.1 Å². The summed E-state index contributed by atoms with van der Waals surface area (Å²) < 4.78 is 44.4. The lowest BCUT2D eigenvalue weighted by Gasteiger charge is -2.21. The predicted octanol–water partition coefficient (Wildman–Crippen LogP) is 5.50. The number of carbonyl (C=O) groups is 1. The maximum absolute atomic E-state index is 14.2. The molecule has 0 aliphatic heterocycles. The summed E-state index contributed by atoms with van der Waals surface area (Å²) in [5.41, 5.74) is 7.43. The molecule has 6 nitrogen and oxygen atoms in total. The molecule has 2 aromatic rings. The van der Waals surface area contributed by atoms with Gasteiger partial charge in [-0.05, 0) is 36.2 Å². The highest BCUT2D eigenvalue weighted by Gasteiger charge is 2.25. The molecule has 0 aliphatic carbocycles. The number of terminal acetylenes is 1. The fourth-order valence-corrected chi connectivity index (χ4v) is 2.46. The Morgan fingerprint density at radius 3 is 2.45 bits per heavy atom. The standard InChI is InChI=1S/C19H23F3N4O.C4H6.CH2O/c1-4-15(13-7-8-17(14(20)10-13)27-19(3,21)22)26-18-16(6-5-9-24-18)25-12(2)11-23;1-3-4-2;1-2/h5-10,15,25H,2,4,11,23H2,1,3H3,(H,24,26);1H,4H2,2H3;1H2. The lowest BCUT2D eigenvalue weighted by molar-refractivity contribution is -0.160. The molecule has 33 heavy (non-hydrogen) atoms. The quantitative estimate of drug-likeness (QED) is 0.425. The van der Waals surface area contributed by atoms with Crippen molar-refractivity contribution in [1.82, 2.24) is 4.98 Å². The van der Waals surface area contributed by atoms with E-state index < -0.39 is 17.7 Å². The molecule has 0 saturated carbocycles. The molecule has 0 radical (unpaired) electrons. The minimum Gasteiger partial charge on any atom is -0.430 e. The van der Waals surface area contributed by atoms with E-state index in [1.807, 2.05) is 26.7 Å². The number of anilines is 2. The maximum atomic E-state index is 14.2. The number of hydrogen-bond acceptors (Lipinski definition) is 6. The lowest BCUT2D eigenvalue weighted by Crippen LogP contribution is -2.20. The molecule has 1 unspecified atom stereocenters. The highest BCUT2D eigenvalue weighted by Crippen LogP contribution is 2.30. The van der Waals surface area contributed by atoms with Gasteiger partial charge < -0.3 is 25.9 Å². The average molecular weight is 465 g/mol. The van der Waals surface area contributed by atoms with E-state index in [1.54, 1.807) is 18.3 Å². The molecule has 1 heterocycles. The topological polar surface area (TPSA) is 89.3 Å². The molecule has 0 saturated heterocycles. The van der Waals surface area contributed by atoms with E-state index in [1.165, 1.54) is 12.1 Å². The number of carbonyl (C=O) groups excluding carboxylic acids is 1. The van der Waals surface area contributed by atoms with Crippen molar-refractivity contribution in [3.63, 3.8) is 0 Å². The van der Waals surface area contributed by atoms with Crippen LogP contribution in [0.2, 0.25) is 0 Å². The second-order valence-corrected chi connectivity index (χ2v) is 6.59. The van der Waals surface area contributed by atoms with Crippen LogP contribution in [-0.2, 0) is 4.79 Å². The Morgan fingerprint density at radius 1 is 1.33 bits per heavy atom. The van der Waals surface area contributed by atoms with Gasteiger partial charge in [-0.3, -0.25) is 0 Å². The van der Waals surface area contributed by atoms with E-state index in [9.17, 15) is 13.2 Å². The summed E-state index contributed by atoms with van der Waals surface area (Å²) >= 11 is 0. The molecule has 4 N–H and O–H groups in total. The monoisotopic (exact) mass is 464 g/mol. The molecule has 0 spiro atoms. The van der Waals surface area contributed by atoms with E-state index in [-0.39, 0.29) is 12.6 Å². The Morgan fingerprint density at radius 2 is 1.97 bits per heavy atom. The summed E-state index contributed by atoms with van der Waals surface area (Å²) in [7, 11) is 0. The Kier molecular flexibility index (Phi) is 13.7. The van der Waals surface area contributed by atoms with Gasteiger partial charge in [0.05, 0.1) is 11.7 Å². The van der Waals surface area contributed by atoms with Gasteiger partial charge in [-0.1, -0.05) is 26.5 Å². The smallest absolute Gasteiger partial charge is 0.395 e. The van der Waals surface area contributed by atoms with Crippen molar-refractivity contribution in [1.29, 1.82) is 0 Å². The van der Waals surface area contributed by atoms with Gasteiger partial charge in [-0.25, -0.2) is 9.37 Å². The van der Waals surface area contributed by atoms with Crippen LogP contribution in [0.1, 0.15) is 45.2 Å². The van der Waals surface area contributed by atoms with Gasteiger partial charge >= 0.3 is 6.11 Å².